The van der Waals surface area contributed by atoms with Crippen LogP contribution in [0.25, 0.3) is 0 Å². The second kappa shape index (κ2) is 10.1. The third kappa shape index (κ3) is 6.26. The highest BCUT2D eigenvalue weighted by molar-refractivity contribution is 8.09. The highest BCUT2D eigenvalue weighted by atomic mass is 32.2. The molecule has 0 spiro atoms. The molecule has 1 aliphatic carbocycles. The minimum atomic E-state index is -0.573. The minimum absolute atomic E-state index is 0.0251. The Bertz CT molecular complexity index is 414. The lowest BCUT2D eigenvalue weighted by molar-refractivity contribution is 0.193. The van der Waals surface area contributed by atoms with Crippen molar-refractivity contribution < 1.29 is 5.11 Å². The zero-order valence-corrected chi connectivity index (χ0v) is 16.8. The summed E-state index contributed by atoms with van der Waals surface area (Å²) in [6, 6.07) is 0. The van der Waals surface area contributed by atoms with Crippen molar-refractivity contribution >= 4 is 11.8 Å². The van der Waals surface area contributed by atoms with Gasteiger partial charge in [-0.05, 0) is 18.4 Å². The van der Waals surface area contributed by atoms with Gasteiger partial charge in [-0.15, -0.1) is 11.8 Å². The van der Waals surface area contributed by atoms with Crippen LogP contribution in [0.15, 0.2) is 24.3 Å². The molecule has 0 bridgehead atoms. The van der Waals surface area contributed by atoms with Crippen molar-refractivity contribution in [3.8, 4) is 0 Å². The molecule has 2 aliphatic rings. The Balaban J connectivity index is 1.33. The molecule has 0 radical (unpaired) electrons. The predicted molar refractivity (Wildman–Crippen MR) is 108 cm³/mol. The lowest BCUT2D eigenvalue weighted by Crippen LogP contribution is -2.23. The van der Waals surface area contributed by atoms with Gasteiger partial charge in [-0.25, -0.2) is 0 Å². The monoisotopic (exact) mass is 350 g/mol. The van der Waals surface area contributed by atoms with Crippen LogP contribution in [-0.2, 0) is 0 Å². The van der Waals surface area contributed by atoms with Crippen molar-refractivity contribution in [2.75, 3.05) is 0 Å². The zero-order valence-electron chi connectivity index (χ0n) is 15.9. The molecule has 2 rings (SSSR count). The SMILES string of the molecule is CC(C)CCCCCCCCCCCCCC12C=CC=CC1(O)S2. The lowest BCUT2D eigenvalue weighted by Gasteiger charge is -2.15. The van der Waals surface area contributed by atoms with E-state index in [4.69, 9.17) is 0 Å². The van der Waals surface area contributed by atoms with Crippen molar-refractivity contribution in [3.63, 3.8) is 0 Å². The van der Waals surface area contributed by atoms with Gasteiger partial charge in [0, 0.05) is 0 Å². The van der Waals surface area contributed by atoms with Crippen LogP contribution in [0.2, 0.25) is 0 Å². The van der Waals surface area contributed by atoms with Crippen molar-refractivity contribution in [1.29, 1.82) is 0 Å². The van der Waals surface area contributed by atoms with Crippen LogP contribution in [-0.4, -0.2) is 14.8 Å². The van der Waals surface area contributed by atoms with Gasteiger partial charge in [0.1, 0.15) is 4.93 Å². The summed E-state index contributed by atoms with van der Waals surface area (Å²) < 4.78 is 0.0251. The molecule has 0 aromatic heterocycles. The van der Waals surface area contributed by atoms with Crippen LogP contribution in [0.4, 0.5) is 0 Å². The average molecular weight is 351 g/mol. The van der Waals surface area contributed by atoms with E-state index in [-0.39, 0.29) is 4.75 Å². The van der Waals surface area contributed by atoms with Crippen LogP contribution in [0.1, 0.15) is 97.3 Å². The number of aliphatic hydroxyl groups is 1. The van der Waals surface area contributed by atoms with Gasteiger partial charge in [-0.1, -0.05) is 109 Å². The predicted octanol–water partition coefficient (Wildman–Crippen LogP) is 7.01. The molecule has 0 aromatic rings. The van der Waals surface area contributed by atoms with E-state index >= 15 is 0 Å². The first-order valence-electron chi connectivity index (χ1n) is 10.4. The van der Waals surface area contributed by atoms with Crippen LogP contribution in [0, 0.1) is 5.92 Å². The highest BCUT2D eigenvalue weighted by Gasteiger charge is 2.65. The average Bonchev–Trinajstić information content (AvgIpc) is 3.17. The Morgan fingerprint density at radius 1 is 0.750 bits per heavy atom. The van der Waals surface area contributed by atoms with Crippen molar-refractivity contribution in [2.24, 2.45) is 5.92 Å². The number of rotatable bonds is 14. The van der Waals surface area contributed by atoms with E-state index in [0.29, 0.717) is 0 Å². The fourth-order valence-corrected chi connectivity index (χ4v) is 5.10. The smallest absolute Gasteiger partial charge is 0.148 e. The molecule has 2 atom stereocenters. The maximum absolute atomic E-state index is 10.3. The number of allylic oxidation sites excluding steroid dienone is 2. The molecule has 24 heavy (non-hydrogen) atoms. The van der Waals surface area contributed by atoms with Crippen LogP contribution in [0.3, 0.4) is 0 Å². The summed E-state index contributed by atoms with van der Waals surface area (Å²) in [5, 5.41) is 10.3. The van der Waals surface area contributed by atoms with E-state index in [9.17, 15) is 5.11 Å². The van der Waals surface area contributed by atoms with Gasteiger partial charge in [0.25, 0.3) is 0 Å². The number of fused-ring (bicyclic) bond motifs is 1. The Hall–Kier alpha value is -0.210. The van der Waals surface area contributed by atoms with E-state index in [1.54, 1.807) is 11.8 Å². The number of thioether (sulfide) groups is 1. The van der Waals surface area contributed by atoms with E-state index < -0.39 is 4.93 Å². The molecular formula is C22H38OS. The van der Waals surface area contributed by atoms with E-state index in [1.807, 2.05) is 12.2 Å². The normalized spacial score (nSPS) is 27.7. The highest BCUT2D eigenvalue weighted by Crippen LogP contribution is 2.67. The lowest BCUT2D eigenvalue weighted by atomic mass is 9.91. The molecule has 2 heteroatoms. The number of hydrogen-bond acceptors (Lipinski definition) is 2. The largest absolute Gasteiger partial charge is 0.374 e. The fraction of sp³-hybridized carbons (Fsp3) is 0.818. The van der Waals surface area contributed by atoms with Gasteiger partial charge in [-0.2, -0.15) is 0 Å². The van der Waals surface area contributed by atoms with Gasteiger partial charge in [0.15, 0.2) is 0 Å². The maximum Gasteiger partial charge on any atom is 0.148 e. The van der Waals surface area contributed by atoms with Crippen molar-refractivity contribution in [3.05, 3.63) is 24.3 Å². The van der Waals surface area contributed by atoms with E-state index in [0.717, 1.165) is 12.3 Å². The zero-order chi connectivity index (χ0) is 17.3. The molecule has 1 heterocycles. The first-order valence-corrected chi connectivity index (χ1v) is 11.2. The van der Waals surface area contributed by atoms with Crippen LogP contribution < -0.4 is 0 Å². The molecule has 1 aliphatic heterocycles. The molecule has 1 saturated heterocycles. The Labute approximate surface area is 154 Å². The van der Waals surface area contributed by atoms with E-state index in [1.165, 1.54) is 77.0 Å². The van der Waals surface area contributed by atoms with Crippen LogP contribution in [0.5, 0.6) is 0 Å². The van der Waals surface area contributed by atoms with Crippen LogP contribution >= 0.6 is 11.8 Å². The fourth-order valence-electron chi connectivity index (χ4n) is 3.82. The number of unbranched alkanes of at least 4 members (excludes halogenated alkanes) is 10. The summed E-state index contributed by atoms with van der Waals surface area (Å²) in [5.41, 5.74) is 0. The topological polar surface area (TPSA) is 20.2 Å². The summed E-state index contributed by atoms with van der Waals surface area (Å²) in [6.07, 6.45) is 26.1. The molecule has 2 unspecified atom stereocenters. The third-order valence-corrected chi connectivity index (χ3v) is 7.15. The first-order chi connectivity index (χ1) is 11.6. The molecule has 1 fully saturated rings. The molecule has 0 saturated carbocycles. The Morgan fingerprint density at radius 3 is 1.79 bits per heavy atom. The summed E-state index contributed by atoms with van der Waals surface area (Å²) >= 11 is 1.72. The van der Waals surface area contributed by atoms with Gasteiger partial charge in [0.2, 0.25) is 0 Å². The van der Waals surface area contributed by atoms with Gasteiger partial charge in [-0.3, -0.25) is 0 Å². The number of hydrogen-bond donors (Lipinski definition) is 1. The maximum atomic E-state index is 10.3. The second-order valence-electron chi connectivity index (χ2n) is 8.23. The van der Waals surface area contributed by atoms with Gasteiger partial charge >= 0.3 is 0 Å². The molecular weight excluding hydrogens is 312 g/mol. The molecule has 0 amide bonds. The van der Waals surface area contributed by atoms with E-state index in [2.05, 4.69) is 26.0 Å². The summed E-state index contributed by atoms with van der Waals surface area (Å²) in [5.74, 6) is 0.877. The third-order valence-electron chi connectivity index (χ3n) is 5.53. The Kier molecular flexibility index (Phi) is 8.43. The summed E-state index contributed by atoms with van der Waals surface area (Å²) in [6.45, 7) is 4.65. The minimum Gasteiger partial charge on any atom is -0.374 e. The van der Waals surface area contributed by atoms with Gasteiger partial charge in [0.05, 0.1) is 4.75 Å². The second-order valence-corrected chi connectivity index (χ2v) is 9.78. The standard InChI is InChI=1S/C22H38OS/c1-20(2)16-12-10-8-6-4-3-5-7-9-11-13-17-21-18-14-15-19-22(21,23)24-21/h14-15,18-20,23H,3-13,16-17H2,1-2H3. The molecule has 0 aromatic carbocycles. The summed E-state index contributed by atoms with van der Waals surface area (Å²) in [4.78, 5) is -0.573. The quantitative estimate of drug-likeness (QED) is 0.268. The first kappa shape index (κ1) is 20.1. The molecule has 1 N–H and O–H groups in total. The molecule has 1 nitrogen and oxygen atoms in total. The molecule has 138 valence electrons. The van der Waals surface area contributed by atoms with Gasteiger partial charge < -0.3 is 5.11 Å². The Morgan fingerprint density at radius 2 is 1.25 bits per heavy atom. The van der Waals surface area contributed by atoms with Crippen molar-refractivity contribution in [2.45, 2.75) is 107 Å². The summed E-state index contributed by atoms with van der Waals surface area (Å²) in [7, 11) is 0. The van der Waals surface area contributed by atoms with Crippen molar-refractivity contribution in [1.82, 2.24) is 0 Å².